The lowest BCUT2D eigenvalue weighted by Gasteiger charge is -2.25. The van der Waals surface area contributed by atoms with Crippen molar-refractivity contribution in [3.8, 4) is 0 Å². The van der Waals surface area contributed by atoms with E-state index >= 15 is 0 Å². The van der Waals surface area contributed by atoms with Crippen LogP contribution in [0.3, 0.4) is 0 Å². The van der Waals surface area contributed by atoms with Crippen LogP contribution in [-0.4, -0.2) is 21.1 Å². The molecule has 0 aromatic heterocycles. The Kier molecular flexibility index (Phi) is 6.18. The van der Waals surface area contributed by atoms with Crippen LogP contribution < -0.4 is 0 Å². The minimum atomic E-state index is -1.93. The number of amides is 1. The van der Waals surface area contributed by atoms with Crippen LogP contribution in [0, 0.1) is 0 Å². The number of carbonyl (C=O) groups excluding carboxylic acids is 1. The van der Waals surface area contributed by atoms with Gasteiger partial charge in [0, 0.05) is 13.1 Å². The fraction of sp³-hybridized carbons (Fsp3) is 0.357. The number of carbonyl (C=O) groups is 1. The predicted molar refractivity (Wildman–Crippen MR) is 81.6 cm³/mol. The van der Waals surface area contributed by atoms with Gasteiger partial charge in [0.05, 0.1) is 0 Å². The summed E-state index contributed by atoms with van der Waals surface area (Å²) in [7, 11) is 0. The van der Waals surface area contributed by atoms with E-state index in [1.165, 1.54) is 4.90 Å². The molecule has 0 spiro atoms. The SMILES string of the molecule is CC(C)=CCN(Cc1ccccc1)C(=O)C(Cl)(Cl)Cl. The van der Waals surface area contributed by atoms with E-state index in [9.17, 15) is 4.79 Å². The van der Waals surface area contributed by atoms with Gasteiger partial charge < -0.3 is 4.90 Å². The minimum Gasteiger partial charge on any atom is -0.331 e. The van der Waals surface area contributed by atoms with Crippen molar-refractivity contribution in [1.29, 1.82) is 0 Å². The van der Waals surface area contributed by atoms with Gasteiger partial charge in [-0.1, -0.05) is 76.8 Å². The van der Waals surface area contributed by atoms with Crippen LogP contribution in [0.15, 0.2) is 42.0 Å². The molecular formula is C14H16Cl3NO. The summed E-state index contributed by atoms with van der Waals surface area (Å²) in [4.78, 5) is 13.6. The van der Waals surface area contributed by atoms with Gasteiger partial charge in [0.1, 0.15) is 0 Å². The lowest BCUT2D eigenvalue weighted by Crippen LogP contribution is -2.39. The zero-order chi connectivity index (χ0) is 14.5. The van der Waals surface area contributed by atoms with Gasteiger partial charge in [-0.3, -0.25) is 4.79 Å². The summed E-state index contributed by atoms with van der Waals surface area (Å²) in [6.45, 7) is 4.75. The zero-order valence-electron chi connectivity index (χ0n) is 10.9. The third kappa shape index (κ3) is 5.85. The van der Waals surface area contributed by atoms with E-state index in [1.807, 2.05) is 50.3 Å². The molecule has 0 unspecified atom stereocenters. The molecule has 0 bridgehead atoms. The van der Waals surface area contributed by atoms with Gasteiger partial charge >= 0.3 is 0 Å². The van der Waals surface area contributed by atoms with Gasteiger partial charge in [0.15, 0.2) is 0 Å². The van der Waals surface area contributed by atoms with Crippen molar-refractivity contribution >= 4 is 40.7 Å². The van der Waals surface area contributed by atoms with Crippen molar-refractivity contribution in [2.75, 3.05) is 6.54 Å². The highest BCUT2D eigenvalue weighted by atomic mass is 35.6. The highest BCUT2D eigenvalue weighted by Gasteiger charge is 2.34. The van der Waals surface area contributed by atoms with Crippen LogP contribution in [0.4, 0.5) is 0 Å². The van der Waals surface area contributed by atoms with Crippen LogP contribution >= 0.6 is 34.8 Å². The summed E-state index contributed by atoms with van der Waals surface area (Å²) in [6.07, 6.45) is 1.93. The Morgan fingerprint density at radius 2 is 1.79 bits per heavy atom. The molecule has 19 heavy (non-hydrogen) atoms. The van der Waals surface area contributed by atoms with Crippen LogP contribution in [0.1, 0.15) is 19.4 Å². The first-order chi connectivity index (χ1) is 8.80. The van der Waals surface area contributed by atoms with Crippen LogP contribution in [0.25, 0.3) is 0 Å². The Morgan fingerprint density at radius 1 is 1.21 bits per heavy atom. The number of halogens is 3. The highest BCUT2D eigenvalue weighted by Crippen LogP contribution is 2.29. The van der Waals surface area contributed by atoms with Crippen LogP contribution in [-0.2, 0) is 11.3 Å². The topological polar surface area (TPSA) is 20.3 Å². The lowest BCUT2D eigenvalue weighted by molar-refractivity contribution is -0.130. The smallest absolute Gasteiger partial charge is 0.275 e. The number of benzene rings is 1. The maximum atomic E-state index is 12.1. The summed E-state index contributed by atoms with van der Waals surface area (Å²) in [5, 5.41) is 0. The monoisotopic (exact) mass is 319 g/mol. The molecule has 104 valence electrons. The Morgan fingerprint density at radius 3 is 2.26 bits per heavy atom. The fourth-order valence-corrected chi connectivity index (χ4v) is 1.85. The molecule has 0 fully saturated rings. The van der Waals surface area contributed by atoms with Gasteiger partial charge in [-0.25, -0.2) is 0 Å². The second-order valence-corrected chi connectivity index (χ2v) is 6.73. The summed E-state index contributed by atoms with van der Waals surface area (Å²) >= 11 is 17.0. The molecule has 0 radical (unpaired) electrons. The maximum Gasteiger partial charge on any atom is 0.275 e. The molecule has 1 amide bonds. The Labute approximate surface area is 128 Å². The van der Waals surface area contributed by atoms with Crippen molar-refractivity contribution in [2.45, 2.75) is 24.2 Å². The standard InChI is InChI=1S/C14H16Cl3NO/c1-11(2)8-9-18(13(19)14(15,16)17)10-12-6-4-3-5-7-12/h3-8H,9-10H2,1-2H3. The molecule has 0 aliphatic carbocycles. The normalized spacial score (nSPS) is 11.0. The van der Waals surface area contributed by atoms with E-state index in [2.05, 4.69) is 0 Å². The largest absolute Gasteiger partial charge is 0.331 e. The summed E-state index contributed by atoms with van der Waals surface area (Å²) < 4.78 is -1.93. The first kappa shape index (κ1) is 16.4. The van der Waals surface area contributed by atoms with Gasteiger partial charge in [0.25, 0.3) is 9.70 Å². The van der Waals surface area contributed by atoms with E-state index in [0.717, 1.165) is 11.1 Å². The first-order valence-electron chi connectivity index (χ1n) is 5.84. The number of alkyl halides is 3. The van der Waals surface area contributed by atoms with E-state index in [4.69, 9.17) is 34.8 Å². The van der Waals surface area contributed by atoms with Gasteiger partial charge in [-0.05, 0) is 19.4 Å². The molecular weight excluding hydrogens is 305 g/mol. The number of hydrogen-bond acceptors (Lipinski definition) is 1. The molecule has 0 saturated carbocycles. The van der Waals surface area contributed by atoms with Crippen molar-refractivity contribution in [2.24, 2.45) is 0 Å². The summed E-state index contributed by atoms with van der Waals surface area (Å²) in [5.74, 6) is -0.515. The second kappa shape index (κ2) is 7.18. The van der Waals surface area contributed by atoms with Crippen molar-refractivity contribution in [1.82, 2.24) is 4.90 Å². The molecule has 5 heteroatoms. The fourth-order valence-electron chi connectivity index (χ4n) is 1.50. The Bertz CT molecular complexity index is 448. The van der Waals surface area contributed by atoms with E-state index in [0.29, 0.717) is 13.1 Å². The molecule has 1 aromatic rings. The number of allylic oxidation sites excluding steroid dienone is 1. The Balaban J connectivity index is 2.87. The number of nitrogens with zero attached hydrogens (tertiary/aromatic N) is 1. The molecule has 0 atom stereocenters. The average Bonchev–Trinajstić information content (AvgIpc) is 2.33. The predicted octanol–water partition coefficient (Wildman–Crippen LogP) is 4.35. The number of rotatable bonds is 4. The molecule has 0 aliphatic rings. The third-order valence-electron chi connectivity index (χ3n) is 2.47. The van der Waals surface area contributed by atoms with Crippen molar-refractivity contribution < 1.29 is 4.79 Å². The molecule has 2 nitrogen and oxygen atoms in total. The van der Waals surface area contributed by atoms with Gasteiger partial charge in [0.2, 0.25) is 0 Å². The summed E-state index contributed by atoms with van der Waals surface area (Å²) in [6, 6.07) is 9.60. The molecule has 1 rings (SSSR count). The Hall–Kier alpha value is -0.700. The molecule has 1 aromatic carbocycles. The van der Waals surface area contributed by atoms with Gasteiger partial charge in [-0.15, -0.1) is 0 Å². The molecule has 0 heterocycles. The minimum absolute atomic E-state index is 0.414. The quantitative estimate of drug-likeness (QED) is 0.596. The summed E-state index contributed by atoms with van der Waals surface area (Å²) in [5.41, 5.74) is 2.10. The van der Waals surface area contributed by atoms with E-state index in [1.54, 1.807) is 0 Å². The molecule has 0 saturated heterocycles. The second-order valence-electron chi connectivity index (χ2n) is 4.45. The van der Waals surface area contributed by atoms with Crippen molar-refractivity contribution in [3.63, 3.8) is 0 Å². The van der Waals surface area contributed by atoms with E-state index < -0.39 is 9.70 Å². The highest BCUT2D eigenvalue weighted by molar-refractivity contribution is 6.76. The van der Waals surface area contributed by atoms with Crippen LogP contribution in [0.2, 0.25) is 0 Å². The maximum absolute atomic E-state index is 12.1. The molecule has 0 N–H and O–H groups in total. The van der Waals surface area contributed by atoms with Gasteiger partial charge in [-0.2, -0.15) is 0 Å². The third-order valence-corrected chi connectivity index (χ3v) is 2.95. The number of hydrogen-bond donors (Lipinski definition) is 0. The van der Waals surface area contributed by atoms with E-state index in [-0.39, 0.29) is 0 Å². The first-order valence-corrected chi connectivity index (χ1v) is 6.97. The van der Waals surface area contributed by atoms with Crippen molar-refractivity contribution in [3.05, 3.63) is 47.5 Å². The average molecular weight is 321 g/mol. The van der Waals surface area contributed by atoms with Crippen LogP contribution in [0.5, 0.6) is 0 Å². The zero-order valence-corrected chi connectivity index (χ0v) is 13.1. The lowest BCUT2D eigenvalue weighted by atomic mass is 10.2. The molecule has 0 aliphatic heterocycles.